The fraction of sp³-hybridized carbons (Fsp3) is 0.500. The number of nitrogens with one attached hydrogen (secondary N) is 1. The van der Waals surface area contributed by atoms with E-state index in [0.29, 0.717) is 0 Å². The molecular formula is C16H22N2O2. The summed E-state index contributed by atoms with van der Waals surface area (Å²) in [6.45, 7) is 8.12. The van der Waals surface area contributed by atoms with Crippen molar-refractivity contribution in [2.24, 2.45) is 5.92 Å². The van der Waals surface area contributed by atoms with E-state index in [-0.39, 0.29) is 24.3 Å². The van der Waals surface area contributed by atoms with Crippen molar-refractivity contribution < 1.29 is 9.59 Å². The number of benzene rings is 1. The summed E-state index contributed by atoms with van der Waals surface area (Å²) in [4.78, 5) is 26.1. The molecule has 2 rings (SSSR count). The van der Waals surface area contributed by atoms with Gasteiger partial charge in [-0.3, -0.25) is 9.59 Å². The smallest absolute Gasteiger partial charge is 0.250 e. The molecule has 4 heteroatoms. The number of carbonyl (C=O) groups is 2. The molecule has 0 saturated carbocycles. The molecule has 1 fully saturated rings. The van der Waals surface area contributed by atoms with E-state index >= 15 is 0 Å². The molecule has 20 heavy (non-hydrogen) atoms. The molecular weight excluding hydrogens is 252 g/mol. The van der Waals surface area contributed by atoms with Gasteiger partial charge in [0.15, 0.2) is 0 Å². The van der Waals surface area contributed by atoms with Gasteiger partial charge in [0.25, 0.3) is 0 Å². The van der Waals surface area contributed by atoms with E-state index in [9.17, 15) is 9.59 Å². The maximum absolute atomic E-state index is 12.6. The highest BCUT2D eigenvalue weighted by atomic mass is 16.2. The van der Waals surface area contributed by atoms with Crippen LogP contribution in [-0.4, -0.2) is 24.4 Å². The average molecular weight is 274 g/mol. The third-order valence-electron chi connectivity index (χ3n) is 3.88. The molecule has 0 radical (unpaired) electrons. The van der Waals surface area contributed by atoms with Crippen LogP contribution in [0.3, 0.4) is 0 Å². The van der Waals surface area contributed by atoms with Gasteiger partial charge in [0.05, 0.1) is 0 Å². The van der Waals surface area contributed by atoms with Crippen LogP contribution in [0.15, 0.2) is 18.2 Å². The summed E-state index contributed by atoms with van der Waals surface area (Å²) in [6, 6.07) is 5.56. The molecule has 1 aliphatic heterocycles. The Bertz CT molecular complexity index is 519. The van der Waals surface area contributed by atoms with Gasteiger partial charge in [0.1, 0.15) is 12.6 Å². The van der Waals surface area contributed by atoms with Crippen LogP contribution in [0.1, 0.15) is 31.4 Å². The number of aryl methyl sites for hydroxylation is 2. The lowest BCUT2D eigenvalue weighted by atomic mass is 9.95. The van der Waals surface area contributed by atoms with E-state index in [2.05, 4.69) is 11.4 Å². The highest BCUT2D eigenvalue weighted by Crippen LogP contribution is 2.23. The van der Waals surface area contributed by atoms with Gasteiger partial charge in [0.2, 0.25) is 11.8 Å². The minimum Gasteiger partial charge on any atom is -0.342 e. The number of hydrogen-bond donors (Lipinski definition) is 1. The molecule has 1 aromatic rings. The molecule has 108 valence electrons. The molecule has 1 saturated heterocycles. The predicted octanol–water partition coefficient (Wildman–Crippen LogP) is 2.18. The fourth-order valence-corrected chi connectivity index (χ4v) is 2.62. The van der Waals surface area contributed by atoms with E-state index in [1.807, 2.05) is 39.8 Å². The van der Waals surface area contributed by atoms with Gasteiger partial charge < -0.3 is 10.2 Å². The minimum absolute atomic E-state index is 0.0102. The molecule has 2 atom stereocenters. The Morgan fingerprint density at radius 1 is 1.25 bits per heavy atom. The van der Waals surface area contributed by atoms with Crippen molar-refractivity contribution in [2.75, 3.05) is 11.4 Å². The second-order valence-corrected chi connectivity index (χ2v) is 5.70. The number of anilines is 1. The molecule has 0 spiro atoms. The standard InChI is InChI=1S/C16H22N2O2/c1-5-12(4)15-16(20)18(9-14(19)17-15)13-7-10(2)6-11(3)8-13/h6-8,12,15H,5,9H2,1-4H3,(H,17,19). The van der Waals surface area contributed by atoms with Crippen molar-refractivity contribution in [2.45, 2.75) is 40.2 Å². The molecule has 0 aromatic heterocycles. The Kier molecular flexibility index (Phi) is 4.12. The maximum atomic E-state index is 12.6. The van der Waals surface area contributed by atoms with Gasteiger partial charge in [0, 0.05) is 5.69 Å². The molecule has 0 aliphatic carbocycles. The Morgan fingerprint density at radius 3 is 2.40 bits per heavy atom. The van der Waals surface area contributed by atoms with Crippen LogP contribution in [0.2, 0.25) is 0 Å². The number of rotatable bonds is 3. The van der Waals surface area contributed by atoms with E-state index < -0.39 is 6.04 Å². The fourth-order valence-electron chi connectivity index (χ4n) is 2.62. The topological polar surface area (TPSA) is 49.4 Å². The minimum atomic E-state index is -0.415. The number of carbonyl (C=O) groups excluding carboxylic acids is 2. The van der Waals surface area contributed by atoms with Gasteiger partial charge in [-0.1, -0.05) is 26.3 Å². The summed E-state index contributed by atoms with van der Waals surface area (Å²) in [5.41, 5.74) is 3.01. The van der Waals surface area contributed by atoms with Crippen LogP contribution in [0.4, 0.5) is 5.69 Å². The van der Waals surface area contributed by atoms with Crippen LogP contribution < -0.4 is 10.2 Å². The van der Waals surface area contributed by atoms with Crippen LogP contribution in [0, 0.1) is 19.8 Å². The van der Waals surface area contributed by atoms with Gasteiger partial charge in [-0.25, -0.2) is 0 Å². The summed E-state index contributed by atoms with van der Waals surface area (Å²) < 4.78 is 0. The number of nitrogens with zero attached hydrogens (tertiary/aromatic N) is 1. The van der Waals surface area contributed by atoms with E-state index in [1.54, 1.807) is 4.90 Å². The number of piperazine rings is 1. The molecule has 1 aliphatic rings. The Balaban J connectivity index is 2.34. The quantitative estimate of drug-likeness (QED) is 0.918. The van der Waals surface area contributed by atoms with Crippen LogP contribution in [-0.2, 0) is 9.59 Å². The molecule has 1 heterocycles. The summed E-state index contributed by atoms with van der Waals surface area (Å²) in [5.74, 6) is 0.0400. The largest absolute Gasteiger partial charge is 0.342 e. The zero-order chi connectivity index (χ0) is 14.9. The first-order chi connectivity index (χ1) is 9.42. The average Bonchev–Trinajstić information content (AvgIpc) is 2.39. The van der Waals surface area contributed by atoms with Crippen LogP contribution in [0.5, 0.6) is 0 Å². The van der Waals surface area contributed by atoms with Gasteiger partial charge in [-0.15, -0.1) is 0 Å². The first-order valence-electron chi connectivity index (χ1n) is 7.11. The molecule has 4 nitrogen and oxygen atoms in total. The highest BCUT2D eigenvalue weighted by Gasteiger charge is 2.36. The number of hydrogen-bond acceptors (Lipinski definition) is 2. The predicted molar refractivity (Wildman–Crippen MR) is 79.7 cm³/mol. The molecule has 2 unspecified atom stereocenters. The lowest BCUT2D eigenvalue weighted by Gasteiger charge is -2.35. The molecule has 0 bridgehead atoms. The first kappa shape index (κ1) is 14.6. The Morgan fingerprint density at radius 2 is 1.85 bits per heavy atom. The zero-order valence-electron chi connectivity index (χ0n) is 12.6. The Hall–Kier alpha value is -1.84. The van der Waals surface area contributed by atoms with Gasteiger partial charge >= 0.3 is 0 Å². The van der Waals surface area contributed by atoms with Crippen LogP contribution >= 0.6 is 0 Å². The second-order valence-electron chi connectivity index (χ2n) is 5.70. The van der Waals surface area contributed by atoms with Crippen molar-refractivity contribution in [3.05, 3.63) is 29.3 Å². The number of amides is 2. The molecule has 1 N–H and O–H groups in total. The normalized spacial score (nSPS) is 20.8. The lowest BCUT2D eigenvalue weighted by molar-refractivity contribution is -0.132. The summed E-state index contributed by atoms with van der Waals surface area (Å²) in [6.07, 6.45) is 0.859. The third kappa shape index (κ3) is 2.84. The van der Waals surface area contributed by atoms with Crippen molar-refractivity contribution in [1.29, 1.82) is 0 Å². The maximum Gasteiger partial charge on any atom is 0.250 e. The summed E-state index contributed by atoms with van der Waals surface area (Å²) in [5, 5.41) is 2.82. The van der Waals surface area contributed by atoms with E-state index in [1.165, 1.54) is 0 Å². The van der Waals surface area contributed by atoms with Crippen molar-refractivity contribution >= 4 is 17.5 Å². The van der Waals surface area contributed by atoms with Crippen molar-refractivity contribution in [3.8, 4) is 0 Å². The van der Waals surface area contributed by atoms with E-state index in [0.717, 1.165) is 23.2 Å². The molecule has 2 amide bonds. The van der Waals surface area contributed by atoms with E-state index in [4.69, 9.17) is 0 Å². The van der Waals surface area contributed by atoms with Crippen molar-refractivity contribution in [3.63, 3.8) is 0 Å². The monoisotopic (exact) mass is 274 g/mol. The third-order valence-corrected chi connectivity index (χ3v) is 3.88. The first-order valence-corrected chi connectivity index (χ1v) is 7.11. The zero-order valence-corrected chi connectivity index (χ0v) is 12.6. The van der Waals surface area contributed by atoms with Gasteiger partial charge in [-0.2, -0.15) is 0 Å². The lowest BCUT2D eigenvalue weighted by Crippen LogP contribution is -2.60. The SMILES string of the molecule is CCC(C)C1NC(=O)CN(c2cc(C)cc(C)c2)C1=O. The summed E-state index contributed by atoms with van der Waals surface area (Å²) in [7, 11) is 0. The Labute approximate surface area is 120 Å². The van der Waals surface area contributed by atoms with Gasteiger partial charge in [-0.05, 0) is 43.0 Å². The summed E-state index contributed by atoms with van der Waals surface area (Å²) >= 11 is 0. The molecule has 1 aromatic carbocycles. The van der Waals surface area contributed by atoms with Crippen LogP contribution in [0.25, 0.3) is 0 Å². The highest BCUT2D eigenvalue weighted by molar-refractivity contribution is 6.06. The van der Waals surface area contributed by atoms with Crippen molar-refractivity contribution in [1.82, 2.24) is 5.32 Å². The second kappa shape index (κ2) is 5.65.